The smallest absolute Gasteiger partial charge is 0.165 e. The van der Waals surface area contributed by atoms with Crippen LogP contribution in [0.15, 0.2) is 60.9 Å². The van der Waals surface area contributed by atoms with Gasteiger partial charge in [-0.25, -0.2) is 4.68 Å². The lowest BCUT2D eigenvalue weighted by Crippen LogP contribution is -1.97. The van der Waals surface area contributed by atoms with Crippen molar-refractivity contribution in [2.45, 2.75) is 0 Å². The molecule has 0 saturated heterocycles. The molecule has 0 aliphatic carbocycles. The van der Waals surface area contributed by atoms with Gasteiger partial charge in [-0.3, -0.25) is 0 Å². The summed E-state index contributed by atoms with van der Waals surface area (Å²) in [5, 5.41) is 4.97. The average Bonchev–Trinajstić information content (AvgIpc) is 2.98. The van der Waals surface area contributed by atoms with Crippen LogP contribution in [0.5, 0.6) is 17.2 Å². The van der Waals surface area contributed by atoms with Gasteiger partial charge in [0, 0.05) is 5.02 Å². The second-order valence-electron chi connectivity index (χ2n) is 4.35. The van der Waals surface area contributed by atoms with Crippen LogP contribution in [0.25, 0.3) is 5.69 Å². The maximum absolute atomic E-state index is 5.85. The van der Waals surface area contributed by atoms with E-state index in [1.807, 2.05) is 36.4 Å². The van der Waals surface area contributed by atoms with Crippen molar-refractivity contribution in [3.05, 3.63) is 65.9 Å². The number of hydrogen-bond acceptors (Lipinski definition) is 3. The molecule has 0 N–H and O–H groups in total. The molecule has 0 saturated carbocycles. The van der Waals surface area contributed by atoms with Gasteiger partial charge in [-0.2, -0.15) is 5.10 Å². The Bertz CT molecular complexity index is 738. The molecule has 5 heteroatoms. The molecule has 3 aromatic rings. The van der Waals surface area contributed by atoms with Crippen molar-refractivity contribution in [3.8, 4) is 22.9 Å². The lowest BCUT2D eigenvalue weighted by molar-refractivity contribution is 0.411. The molecule has 0 atom stereocenters. The second-order valence-corrected chi connectivity index (χ2v) is 4.78. The molecule has 3 rings (SSSR count). The Morgan fingerprint density at radius 1 is 1.00 bits per heavy atom. The summed E-state index contributed by atoms with van der Waals surface area (Å²) in [6, 6.07) is 14.8. The standard InChI is InChI=1S/C16H13ClN2O2/c1-20-16-5-3-2-4-15(16)19-11-14(10-18-19)21-13-8-6-12(17)7-9-13/h2-11H,1H3. The highest BCUT2D eigenvalue weighted by Crippen LogP contribution is 2.26. The molecule has 1 aromatic heterocycles. The highest BCUT2D eigenvalue weighted by molar-refractivity contribution is 6.30. The molecule has 2 aromatic carbocycles. The predicted molar refractivity (Wildman–Crippen MR) is 81.6 cm³/mol. The number of benzene rings is 2. The summed E-state index contributed by atoms with van der Waals surface area (Å²) in [7, 11) is 1.63. The Balaban J connectivity index is 1.84. The number of rotatable bonds is 4. The number of methoxy groups -OCH3 is 1. The first kappa shape index (κ1) is 13.5. The van der Waals surface area contributed by atoms with Crippen molar-refractivity contribution in [1.29, 1.82) is 0 Å². The molecule has 0 amide bonds. The number of para-hydroxylation sites is 2. The van der Waals surface area contributed by atoms with E-state index in [0.717, 1.165) is 11.4 Å². The molecule has 0 spiro atoms. The summed E-state index contributed by atoms with van der Waals surface area (Å²) in [5.74, 6) is 2.10. The van der Waals surface area contributed by atoms with E-state index in [-0.39, 0.29) is 0 Å². The van der Waals surface area contributed by atoms with E-state index in [1.54, 1.807) is 36.3 Å². The van der Waals surface area contributed by atoms with Crippen molar-refractivity contribution in [1.82, 2.24) is 9.78 Å². The van der Waals surface area contributed by atoms with Crippen LogP contribution in [-0.4, -0.2) is 16.9 Å². The van der Waals surface area contributed by atoms with Crippen LogP contribution in [0.2, 0.25) is 5.02 Å². The lowest BCUT2D eigenvalue weighted by atomic mass is 10.3. The van der Waals surface area contributed by atoms with Crippen LogP contribution in [0.4, 0.5) is 0 Å². The molecular weight excluding hydrogens is 288 g/mol. The second kappa shape index (κ2) is 5.89. The van der Waals surface area contributed by atoms with Crippen LogP contribution < -0.4 is 9.47 Å². The van der Waals surface area contributed by atoms with E-state index in [9.17, 15) is 0 Å². The number of aromatic nitrogens is 2. The van der Waals surface area contributed by atoms with E-state index in [0.29, 0.717) is 16.5 Å². The van der Waals surface area contributed by atoms with Crippen LogP contribution >= 0.6 is 11.6 Å². The molecule has 4 nitrogen and oxygen atoms in total. The zero-order valence-electron chi connectivity index (χ0n) is 11.4. The molecule has 21 heavy (non-hydrogen) atoms. The number of hydrogen-bond donors (Lipinski definition) is 0. The third-order valence-corrected chi connectivity index (χ3v) is 3.19. The lowest BCUT2D eigenvalue weighted by Gasteiger charge is -2.07. The normalized spacial score (nSPS) is 10.4. The zero-order valence-corrected chi connectivity index (χ0v) is 12.1. The zero-order chi connectivity index (χ0) is 14.7. The quantitative estimate of drug-likeness (QED) is 0.719. The Kier molecular flexibility index (Phi) is 3.79. The van der Waals surface area contributed by atoms with Gasteiger partial charge in [0.1, 0.15) is 17.2 Å². The Morgan fingerprint density at radius 2 is 1.76 bits per heavy atom. The number of halogens is 1. The minimum atomic E-state index is 0.642. The van der Waals surface area contributed by atoms with Crippen molar-refractivity contribution < 1.29 is 9.47 Å². The summed E-state index contributed by atoms with van der Waals surface area (Å²) >= 11 is 5.85. The number of ether oxygens (including phenoxy) is 2. The first-order chi connectivity index (χ1) is 10.3. The summed E-state index contributed by atoms with van der Waals surface area (Å²) in [5.41, 5.74) is 0.853. The minimum Gasteiger partial charge on any atom is -0.494 e. The van der Waals surface area contributed by atoms with Gasteiger partial charge in [0.25, 0.3) is 0 Å². The van der Waals surface area contributed by atoms with E-state index < -0.39 is 0 Å². The van der Waals surface area contributed by atoms with Crippen LogP contribution in [0, 0.1) is 0 Å². The highest BCUT2D eigenvalue weighted by Gasteiger charge is 2.07. The van der Waals surface area contributed by atoms with Crippen molar-refractivity contribution >= 4 is 11.6 Å². The highest BCUT2D eigenvalue weighted by atomic mass is 35.5. The first-order valence-corrected chi connectivity index (χ1v) is 6.75. The van der Waals surface area contributed by atoms with Crippen molar-refractivity contribution in [3.63, 3.8) is 0 Å². The average molecular weight is 301 g/mol. The fourth-order valence-electron chi connectivity index (χ4n) is 1.95. The van der Waals surface area contributed by atoms with Crippen LogP contribution in [0.3, 0.4) is 0 Å². The topological polar surface area (TPSA) is 36.3 Å². The van der Waals surface area contributed by atoms with Gasteiger partial charge >= 0.3 is 0 Å². The van der Waals surface area contributed by atoms with Gasteiger partial charge in [0.05, 0.1) is 19.5 Å². The van der Waals surface area contributed by atoms with Gasteiger partial charge < -0.3 is 9.47 Å². The largest absolute Gasteiger partial charge is 0.494 e. The third-order valence-electron chi connectivity index (χ3n) is 2.94. The summed E-state index contributed by atoms with van der Waals surface area (Å²) in [6.45, 7) is 0. The van der Waals surface area contributed by atoms with Crippen LogP contribution in [-0.2, 0) is 0 Å². The molecule has 0 aliphatic heterocycles. The van der Waals surface area contributed by atoms with Crippen molar-refractivity contribution in [2.24, 2.45) is 0 Å². The van der Waals surface area contributed by atoms with Gasteiger partial charge in [0.15, 0.2) is 5.75 Å². The van der Waals surface area contributed by atoms with E-state index in [1.165, 1.54) is 0 Å². The maximum Gasteiger partial charge on any atom is 0.165 e. The third kappa shape index (κ3) is 3.01. The molecule has 0 unspecified atom stereocenters. The SMILES string of the molecule is COc1ccccc1-n1cc(Oc2ccc(Cl)cc2)cn1. The summed E-state index contributed by atoms with van der Waals surface area (Å²) in [6.07, 6.45) is 3.45. The van der Waals surface area contributed by atoms with Crippen LogP contribution in [0.1, 0.15) is 0 Å². The van der Waals surface area contributed by atoms with Gasteiger partial charge in [-0.15, -0.1) is 0 Å². The van der Waals surface area contributed by atoms with Gasteiger partial charge in [-0.05, 0) is 36.4 Å². The van der Waals surface area contributed by atoms with E-state index in [4.69, 9.17) is 21.1 Å². The molecule has 0 bridgehead atoms. The number of nitrogens with zero attached hydrogens (tertiary/aromatic N) is 2. The van der Waals surface area contributed by atoms with E-state index in [2.05, 4.69) is 5.10 Å². The van der Waals surface area contributed by atoms with Gasteiger partial charge in [-0.1, -0.05) is 23.7 Å². The molecule has 1 heterocycles. The molecule has 0 aliphatic rings. The predicted octanol–water partition coefficient (Wildman–Crippen LogP) is 4.33. The fraction of sp³-hybridized carbons (Fsp3) is 0.0625. The Morgan fingerprint density at radius 3 is 2.52 bits per heavy atom. The maximum atomic E-state index is 5.85. The molecule has 106 valence electrons. The minimum absolute atomic E-state index is 0.642. The van der Waals surface area contributed by atoms with Gasteiger partial charge in [0.2, 0.25) is 0 Å². The fourth-order valence-corrected chi connectivity index (χ4v) is 2.07. The van der Waals surface area contributed by atoms with Crippen molar-refractivity contribution in [2.75, 3.05) is 7.11 Å². The first-order valence-electron chi connectivity index (χ1n) is 6.38. The molecule has 0 radical (unpaired) electrons. The summed E-state index contributed by atoms with van der Waals surface area (Å²) < 4.78 is 12.8. The summed E-state index contributed by atoms with van der Waals surface area (Å²) in [4.78, 5) is 0. The van der Waals surface area contributed by atoms with E-state index >= 15 is 0 Å². The Hall–Kier alpha value is -2.46. The monoisotopic (exact) mass is 300 g/mol. The molecule has 0 fully saturated rings. The Labute approximate surface area is 127 Å². The molecular formula is C16H13ClN2O2.